The van der Waals surface area contributed by atoms with E-state index >= 15 is 0 Å². The summed E-state index contributed by atoms with van der Waals surface area (Å²) in [4.78, 5) is 2.13. The van der Waals surface area contributed by atoms with Gasteiger partial charge in [-0.3, -0.25) is 5.01 Å². The Kier molecular flexibility index (Phi) is 2.94. The third-order valence-electron chi connectivity index (χ3n) is 1.68. The highest BCUT2D eigenvalue weighted by atomic mass is 15.7. The van der Waals surface area contributed by atoms with Gasteiger partial charge in [0, 0.05) is 18.8 Å². The minimum atomic E-state index is 0.483. The SMILES string of the molecule is CC(C)N1C=C(CN(C)C)NN1. The van der Waals surface area contributed by atoms with E-state index in [2.05, 4.69) is 55.0 Å². The zero-order valence-corrected chi connectivity index (χ0v) is 8.26. The summed E-state index contributed by atoms with van der Waals surface area (Å²) in [6.45, 7) is 5.23. The Labute approximate surface area is 74.2 Å². The molecular weight excluding hydrogens is 152 g/mol. The molecule has 4 heteroatoms. The molecule has 0 aromatic carbocycles. The van der Waals surface area contributed by atoms with Crippen LogP contribution >= 0.6 is 0 Å². The molecule has 4 nitrogen and oxygen atoms in total. The predicted molar refractivity (Wildman–Crippen MR) is 49.9 cm³/mol. The number of likely N-dealkylation sites (N-methyl/N-ethyl adjacent to an activating group) is 1. The van der Waals surface area contributed by atoms with E-state index < -0.39 is 0 Å². The van der Waals surface area contributed by atoms with Crippen LogP contribution in [0.2, 0.25) is 0 Å². The summed E-state index contributed by atoms with van der Waals surface area (Å²) in [5.74, 6) is 0. The summed E-state index contributed by atoms with van der Waals surface area (Å²) in [6, 6.07) is 0.483. The van der Waals surface area contributed by atoms with Crippen molar-refractivity contribution in [2.24, 2.45) is 0 Å². The molecule has 0 aromatic heterocycles. The average Bonchev–Trinajstić information content (AvgIpc) is 2.34. The molecule has 0 atom stereocenters. The topological polar surface area (TPSA) is 30.5 Å². The lowest BCUT2D eigenvalue weighted by atomic mass is 10.4. The van der Waals surface area contributed by atoms with Gasteiger partial charge in [-0.2, -0.15) is 0 Å². The van der Waals surface area contributed by atoms with Crippen molar-refractivity contribution in [1.29, 1.82) is 0 Å². The van der Waals surface area contributed by atoms with E-state index in [4.69, 9.17) is 0 Å². The molecule has 70 valence electrons. The van der Waals surface area contributed by atoms with Crippen LogP contribution in [0.4, 0.5) is 0 Å². The summed E-state index contributed by atoms with van der Waals surface area (Å²) >= 11 is 0. The van der Waals surface area contributed by atoms with Crippen molar-refractivity contribution in [2.75, 3.05) is 20.6 Å². The Morgan fingerprint density at radius 2 is 2.17 bits per heavy atom. The maximum atomic E-state index is 3.11. The molecule has 1 aliphatic rings. The van der Waals surface area contributed by atoms with Crippen molar-refractivity contribution in [3.63, 3.8) is 0 Å². The van der Waals surface area contributed by atoms with Gasteiger partial charge in [0.2, 0.25) is 0 Å². The predicted octanol–water partition coefficient (Wildman–Crippen LogP) is 0.123. The zero-order valence-electron chi connectivity index (χ0n) is 8.26. The van der Waals surface area contributed by atoms with Gasteiger partial charge in [0.05, 0.1) is 5.70 Å². The molecule has 1 heterocycles. The quantitative estimate of drug-likeness (QED) is 0.630. The number of hydrogen-bond acceptors (Lipinski definition) is 4. The van der Waals surface area contributed by atoms with E-state index in [1.165, 1.54) is 5.70 Å². The first kappa shape index (κ1) is 9.35. The highest BCUT2D eigenvalue weighted by Crippen LogP contribution is 2.03. The molecule has 1 aliphatic heterocycles. The molecule has 0 saturated carbocycles. The molecule has 0 saturated heterocycles. The van der Waals surface area contributed by atoms with Crippen LogP contribution in [-0.2, 0) is 0 Å². The minimum Gasteiger partial charge on any atom is -0.305 e. The van der Waals surface area contributed by atoms with Crippen molar-refractivity contribution in [1.82, 2.24) is 20.9 Å². The van der Waals surface area contributed by atoms with E-state index in [0.717, 1.165) is 6.54 Å². The van der Waals surface area contributed by atoms with Crippen molar-refractivity contribution < 1.29 is 0 Å². The van der Waals surface area contributed by atoms with Crippen LogP contribution in [0.1, 0.15) is 13.8 Å². The number of hydrogen-bond donors (Lipinski definition) is 2. The van der Waals surface area contributed by atoms with E-state index in [-0.39, 0.29) is 0 Å². The van der Waals surface area contributed by atoms with Gasteiger partial charge in [-0.1, -0.05) is 0 Å². The largest absolute Gasteiger partial charge is 0.305 e. The number of nitrogens with one attached hydrogen (secondary N) is 2. The van der Waals surface area contributed by atoms with Crippen LogP contribution in [0.15, 0.2) is 11.9 Å². The Balaban J connectivity index is 2.43. The summed E-state index contributed by atoms with van der Waals surface area (Å²) in [5, 5.41) is 2.05. The van der Waals surface area contributed by atoms with Gasteiger partial charge < -0.3 is 10.3 Å². The summed E-state index contributed by atoms with van der Waals surface area (Å²) < 4.78 is 0. The van der Waals surface area contributed by atoms with Crippen LogP contribution in [0.3, 0.4) is 0 Å². The van der Waals surface area contributed by atoms with Gasteiger partial charge in [0.1, 0.15) is 0 Å². The zero-order chi connectivity index (χ0) is 9.14. The first-order valence-corrected chi connectivity index (χ1v) is 4.25. The van der Waals surface area contributed by atoms with E-state index in [0.29, 0.717) is 6.04 Å². The van der Waals surface area contributed by atoms with Crippen LogP contribution in [0, 0.1) is 0 Å². The molecule has 0 bridgehead atoms. The van der Waals surface area contributed by atoms with E-state index in [1.807, 2.05) is 0 Å². The number of nitrogens with zero attached hydrogens (tertiary/aromatic N) is 2. The molecule has 0 amide bonds. The van der Waals surface area contributed by atoms with Gasteiger partial charge in [-0.25, -0.2) is 0 Å². The first-order chi connectivity index (χ1) is 5.59. The summed E-state index contributed by atoms with van der Waals surface area (Å²) in [5.41, 5.74) is 7.39. The molecule has 1 rings (SSSR count). The minimum absolute atomic E-state index is 0.483. The smallest absolute Gasteiger partial charge is 0.0593 e. The lowest BCUT2D eigenvalue weighted by Crippen LogP contribution is -2.41. The monoisotopic (exact) mass is 170 g/mol. The summed E-state index contributed by atoms with van der Waals surface area (Å²) in [6.07, 6.45) is 2.10. The Bertz CT molecular complexity index is 174. The highest BCUT2D eigenvalue weighted by Gasteiger charge is 2.13. The molecule has 0 aliphatic carbocycles. The fourth-order valence-corrected chi connectivity index (χ4v) is 1.07. The van der Waals surface area contributed by atoms with Crippen molar-refractivity contribution in [3.8, 4) is 0 Å². The van der Waals surface area contributed by atoms with Crippen LogP contribution < -0.4 is 11.0 Å². The van der Waals surface area contributed by atoms with E-state index in [9.17, 15) is 0 Å². The Morgan fingerprint density at radius 3 is 2.58 bits per heavy atom. The summed E-state index contributed by atoms with van der Waals surface area (Å²) in [7, 11) is 4.11. The van der Waals surface area contributed by atoms with Crippen molar-refractivity contribution in [2.45, 2.75) is 19.9 Å². The molecule has 0 unspecified atom stereocenters. The number of hydrazine groups is 2. The third-order valence-corrected chi connectivity index (χ3v) is 1.68. The Morgan fingerprint density at radius 1 is 1.50 bits per heavy atom. The molecular formula is C8H18N4. The molecule has 12 heavy (non-hydrogen) atoms. The van der Waals surface area contributed by atoms with Crippen LogP contribution in [0.25, 0.3) is 0 Å². The average molecular weight is 170 g/mol. The molecule has 2 N–H and O–H groups in total. The lowest BCUT2D eigenvalue weighted by Gasteiger charge is -2.18. The highest BCUT2D eigenvalue weighted by molar-refractivity contribution is 5.04. The maximum absolute atomic E-state index is 3.11. The van der Waals surface area contributed by atoms with Gasteiger partial charge in [0.15, 0.2) is 0 Å². The molecule has 0 fully saturated rings. The van der Waals surface area contributed by atoms with Gasteiger partial charge in [0.25, 0.3) is 0 Å². The maximum Gasteiger partial charge on any atom is 0.0593 e. The first-order valence-electron chi connectivity index (χ1n) is 4.25. The van der Waals surface area contributed by atoms with Gasteiger partial charge >= 0.3 is 0 Å². The fourth-order valence-electron chi connectivity index (χ4n) is 1.07. The third kappa shape index (κ3) is 2.39. The van der Waals surface area contributed by atoms with Gasteiger partial charge in [-0.05, 0) is 27.9 Å². The van der Waals surface area contributed by atoms with Crippen LogP contribution in [0.5, 0.6) is 0 Å². The second-order valence-electron chi connectivity index (χ2n) is 3.63. The lowest BCUT2D eigenvalue weighted by molar-refractivity contribution is 0.220. The fraction of sp³-hybridized carbons (Fsp3) is 0.750. The number of rotatable bonds is 3. The van der Waals surface area contributed by atoms with E-state index in [1.54, 1.807) is 0 Å². The van der Waals surface area contributed by atoms with Crippen molar-refractivity contribution >= 4 is 0 Å². The van der Waals surface area contributed by atoms with Crippen LogP contribution in [-0.4, -0.2) is 36.6 Å². The van der Waals surface area contributed by atoms with Gasteiger partial charge in [-0.15, -0.1) is 5.53 Å². The second-order valence-corrected chi connectivity index (χ2v) is 3.63. The standard InChI is InChI=1S/C8H18N4/c1-7(2)12-6-8(9-10-12)5-11(3)4/h6-7,9-10H,5H2,1-4H3. The second kappa shape index (κ2) is 3.78. The van der Waals surface area contributed by atoms with Crippen molar-refractivity contribution in [3.05, 3.63) is 11.9 Å². The molecule has 0 spiro atoms. The molecule has 0 aromatic rings. The Hall–Kier alpha value is -0.740. The molecule has 0 radical (unpaired) electrons. The normalized spacial score (nSPS) is 17.2.